The quantitative estimate of drug-likeness (QED) is 0.478. The van der Waals surface area contributed by atoms with Crippen molar-refractivity contribution in [2.24, 2.45) is 0 Å². The Labute approximate surface area is 126 Å². The Bertz CT molecular complexity index is 552. The molecule has 0 fully saturated rings. The van der Waals surface area contributed by atoms with Crippen molar-refractivity contribution in [3.63, 3.8) is 0 Å². The summed E-state index contributed by atoms with van der Waals surface area (Å²) < 4.78 is 44.4. The van der Waals surface area contributed by atoms with Crippen molar-refractivity contribution in [3.05, 3.63) is 47.8 Å². The van der Waals surface area contributed by atoms with Gasteiger partial charge in [-0.05, 0) is 19.3 Å². The Kier molecular flexibility index (Phi) is 6.62. The number of carbonyl (C=O) groups is 2. The largest absolute Gasteiger partial charge is 0.467 e. The molecule has 0 unspecified atom stereocenters. The summed E-state index contributed by atoms with van der Waals surface area (Å²) in [4.78, 5) is 23.5. The van der Waals surface area contributed by atoms with Crippen LogP contribution in [0.15, 0.2) is 24.8 Å². The number of carbonyl (C=O) groups excluding carboxylic acids is 2. The Hall–Kier alpha value is -2.31. The average Bonchev–Trinajstić information content (AvgIpc) is 2.44. The van der Waals surface area contributed by atoms with Crippen LogP contribution in [-0.2, 0) is 9.53 Å². The molecule has 1 amide bonds. The smallest absolute Gasteiger partial charge is 0.328 e. The van der Waals surface area contributed by atoms with Crippen LogP contribution in [0, 0.1) is 17.5 Å². The molecule has 0 radical (unpaired) electrons. The highest BCUT2D eigenvalue weighted by Crippen LogP contribution is 2.15. The highest BCUT2D eigenvalue weighted by molar-refractivity contribution is 5.97. The van der Waals surface area contributed by atoms with E-state index in [4.69, 9.17) is 0 Å². The molecular weight excluding hydrogens is 299 g/mol. The van der Waals surface area contributed by atoms with Gasteiger partial charge in [0.2, 0.25) is 0 Å². The zero-order valence-corrected chi connectivity index (χ0v) is 12.0. The van der Waals surface area contributed by atoms with E-state index in [-0.39, 0.29) is 6.42 Å². The summed E-state index contributed by atoms with van der Waals surface area (Å²) in [5.74, 6) is -5.71. The summed E-state index contributed by atoms with van der Waals surface area (Å²) in [6, 6.07) is -0.271. The number of methoxy groups -OCH3 is 1. The Morgan fingerprint density at radius 1 is 1.32 bits per heavy atom. The summed E-state index contributed by atoms with van der Waals surface area (Å²) in [5.41, 5.74) is -0.945. The van der Waals surface area contributed by atoms with E-state index in [9.17, 15) is 22.8 Å². The van der Waals surface area contributed by atoms with Crippen LogP contribution in [-0.4, -0.2) is 25.0 Å². The fourth-order valence-electron chi connectivity index (χ4n) is 1.85. The number of unbranched alkanes of at least 4 members (excludes halogenated alkanes) is 1. The standard InChI is InChI=1S/C15H16F3NO3/c1-3-4-5-6-12(15(21)22-2)19-14(20)13-10(17)7-9(16)8-11(13)18/h3,7-8,12H,1,4-6H2,2H3,(H,19,20)/t12-/m1/s1. The second kappa shape index (κ2) is 8.21. The monoisotopic (exact) mass is 315 g/mol. The lowest BCUT2D eigenvalue weighted by Crippen LogP contribution is -2.42. The van der Waals surface area contributed by atoms with Gasteiger partial charge >= 0.3 is 5.97 Å². The normalized spacial score (nSPS) is 11.6. The van der Waals surface area contributed by atoms with Gasteiger partial charge in [0.25, 0.3) is 5.91 Å². The molecule has 0 saturated carbocycles. The maximum atomic E-state index is 13.5. The van der Waals surface area contributed by atoms with E-state index in [0.717, 1.165) is 7.11 Å². The lowest BCUT2D eigenvalue weighted by atomic mass is 10.1. The van der Waals surface area contributed by atoms with Crippen molar-refractivity contribution in [2.75, 3.05) is 7.11 Å². The van der Waals surface area contributed by atoms with Gasteiger partial charge in [-0.15, -0.1) is 6.58 Å². The lowest BCUT2D eigenvalue weighted by Gasteiger charge is -2.16. The van der Waals surface area contributed by atoms with E-state index in [1.54, 1.807) is 6.08 Å². The number of hydrogen-bond donors (Lipinski definition) is 1. The predicted octanol–water partition coefficient (Wildman–Crippen LogP) is 2.73. The van der Waals surface area contributed by atoms with Crippen LogP contribution in [0.4, 0.5) is 13.2 Å². The van der Waals surface area contributed by atoms with Gasteiger partial charge in [0, 0.05) is 12.1 Å². The van der Waals surface area contributed by atoms with Crippen LogP contribution in [0.25, 0.3) is 0 Å². The molecule has 0 heterocycles. The Morgan fingerprint density at radius 3 is 2.41 bits per heavy atom. The fraction of sp³-hybridized carbons (Fsp3) is 0.333. The molecular formula is C15H16F3NO3. The maximum Gasteiger partial charge on any atom is 0.328 e. The van der Waals surface area contributed by atoms with Gasteiger partial charge in [-0.25, -0.2) is 18.0 Å². The van der Waals surface area contributed by atoms with E-state index in [1.807, 2.05) is 0 Å². The second-order valence-corrected chi connectivity index (χ2v) is 4.51. The minimum Gasteiger partial charge on any atom is -0.467 e. The molecule has 4 nitrogen and oxygen atoms in total. The fourth-order valence-corrected chi connectivity index (χ4v) is 1.85. The molecule has 1 aromatic carbocycles. The molecule has 0 aromatic heterocycles. The molecule has 0 aliphatic heterocycles. The summed E-state index contributed by atoms with van der Waals surface area (Å²) in [6.07, 6.45) is 2.98. The number of halogens is 3. The zero-order valence-electron chi connectivity index (χ0n) is 12.0. The number of hydrogen-bond acceptors (Lipinski definition) is 3. The molecule has 1 atom stereocenters. The number of rotatable bonds is 7. The van der Waals surface area contributed by atoms with Crippen LogP contribution >= 0.6 is 0 Å². The van der Waals surface area contributed by atoms with Gasteiger partial charge in [-0.1, -0.05) is 6.08 Å². The van der Waals surface area contributed by atoms with Crippen molar-refractivity contribution < 1.29 is 27.5 Å². The van der Waals surface area contributed by atoms with E-state index >= 15 is 0 Å². The molecule has 0 saturated heterocycles. The van der Waals surface area contributed by atoms with Crippen LogP contribution in [0.2, 0.25) is 0 Å². The lowest BCUT2D eigenvalue weighted by molar-refractivity contribution is -0.143. The SMILES string of the molecule is C=CCCC[C@@H](NC(=O)c1c(F)cc(F)cc1F)C(=O)OC. The van der Waals surface area contributed by atoms with Crippen molar-refractivity contribution in [2.45, 2.75) is 25.3 Å². The third-order valence-electron chi connectivity index (χ3n) is 2.93. The Morgan fingerprint density at radius 2 is 1.91 bits per heavy atom. The molecule has 22 heavy (non-hydrogen) atoms. The average molecular weight is 315 g/mol. The van der Waals surface area contributed by atoms with Gasteiger partial charge in [0.1, 0.15) is 29.1 Å². The van der Waals surface area contributed by atoms with E-state index in [0.29, 0.717) is 25.0 Å². The van der Waals surface area contributed by atoms with Crippen LogP contribution in [0.5, 0.6) is 0 Å². The molecule has 1 rings (SSSR count). The highest BCUT2D eigenvalue weighted by atomic mass is 19.1. The van der Waals surface area contributed by atoms with Crippen molar-refractivity contribution >= 4 is 11.9 Å². The van der Waals surface area contributed by atoms with E-state index in [1.165, 1.54) is 0 Å². The first-order chi connectivity index (χ1) is 10.4. The minimum atomic E-state index is -1.34. The third-order valence-corrected chi connectivity index (χ3v) is 2.93. The summed E-state index contributed by atoms with van der Waals surface area (Å²) in [7, 11) is 1.13. The first kappa shape index (κ1) is 17.7. The number of allylic oxidation sites excluding steroid dienone is 1. The molecule has 120 valence electrons. The molecule has 0 aliphatic carbocycles. The van der Waals surface area contributed by atoms with Gasteiger partial charge < -0.3 is 10.1 Å². The zero-order chi connectivity index (χ0) is 16.7. The number of esters is 1. The predicted molar refractivity (Wildman–Crippen MR) is 73.6 cm³/mol. The van der Waals surface area contributed by atoms with E-state index < -0.39 is 40.9 Å². The highest BCUT2D eigenvalue weighted by Gasteiger charge is 2.25. The van der Waals surface area contributed by atoms with E-state index in [2.05, 4.69) is 16.6 Å². The van der Waals surface area contributed by atoms with Gasteiger partial charge in [-0.2, -0.15) is 0 Å². The maximum absolute atomic E-state index is 13.5. The number of nitrogens with one attached hydrogen (secondary N) is 1. The molecule has 1 N–H and O–H groups in total. The number of benzene rings is 1. The Balaban J connectivity index is 2.91. The molecule has 0 spiro atoms. The van der Waals surface area contributed by atoms with Crippen molar-refractivity contribution in [1.29, 1.82) is 0 Å². The van der Waals surface area contributed by atoms with Crippen LogP contribution in [0.3, 0.4) is 0 Å². The van der Waals surface area contributed by atoms with Crippen molar-refractivity contribution in [1.82, 2.24) is 5.32 Å². The first-order valence-electron chi connectivity index (χ1n) is 6.54. The molecule has 7 heteroatoms. The van der Waals surface area contributed by atoms with Gasteiger partial charge in [0.05, 0.1) is 7.11 Å². The van der Waals surface area contributed by atoms with Crippen LogP contribution in [0.1, 0.15) is 29.6 Å². The summed E-state index contributed by atoms with van der Waals surface area (Å²) >= 11 is 0. The third kappa shape index (κ3) is 4.61. The first-order valence-corrected chi connectivity index (χ1v) is 6.54. The topological polar surface area (TPSA) is 55.4 Å². The minimum absolute atomic E-state index is 0.217. The summed E-state index contributed by atoms with van der Waals surface area (Å²) in [5, 5.41) is 2.19. The van der Waals surface area contributed by atoms with Crippen LogP contribution < -0.4 is 5.32 Å². The summed E-state index contributed by atoms with van der Waals surface area (Å²) in [6.45, 7) is 3.52. The number of ether oxygens (including phenoxy) is 1. The molecule has 0 bridgehead atoms. The van der Waals surface area contributed by atoms with Gasteiger partial charge in [-0.3, -0.25) is 4.79 Å². The molecule has 1 aromatic rings. The van der Waals surface area contributed by atoms with Crippen molar-refractivity contribution in [3.8, 4) is 0 Å². The number of amides is 1. The second-order valence-electron chi connectivity index (χ2n) is 4.51. The molecule has 0 aliphatic rings. The van der Waals surface area contributed by atoms with Gasteiger partial charge in [0.15, 0.2) is 0 Å².